The number of nitrogens with zero attached hydrogens (tertiary/aromatic N) is 2. The number of hydrogen-bond donors (Lipinski definition) is 1. The zero-order valence-electron chi connectivity index (χ0n) is 15.0. The van der Waals surface area contributed by atoms with Crippen LogP contribution in [0.1, 0.15) is 33.8 Å². The monoisotopic (exact) mass is 365 g/mol. The minimum atomic E-state index is -0.430. The number of rotatable bonds is 6. The van der Waals surface area contributed by atoms with Crippen molar-refractivity contribution in [3.63, 3.8) is 0 Å². The minimum absolute atomic E-state index is 0.137. The molecule has 2 aliphatic rings. The number of methoxy groups -OCH3 is 1. The van der Waals surface area contributed by atoms with Crippen molar-refractivity contribution in [2.24, 2.45) is 11.1 Å². The molecule has 2 fully saturated rings. The van der Waals surface area contributed by atoms with Crippen molar-refractivity contribution in [1.82, 2.24) is 9.80 Å². The standard InChI is InChI=1S/C18H27N3O3S/c1-13-3-4-15(25-13)16(22)21-11-14(12-21)20-8-5-18(6-9-20,17(19)23)7-10-24-2/h3-4,14H,5-12H2,1-2H3,(H2,19,23). The van der Waals surface area contributed by atoms with E-state index in [9.17, 15) is 9.59 Å². The fourth-order valence-electron chi connectivity index (χ4n) is 3.79. The lowest BCUT2D eigenvalue weighted by atomic mass is 9.74. The molecule has 7 heteroatoms. The van der Waals surface area contributed by atoms with Crippen LogP contribution in [-0.4, -0.2) is 67.6 Å². The van der Waals surface area contributed by atoms with Crippen molar-refractivity contribution in [1.29, 1.82) is 0 Å². The SMILES string of the molecule is COCCC1(C(N)=O)CCN(C2CN(C(=O)c3ccc(C)s3)C2)CC1. The first-order valence-electron chi connectivity index (χ1n) is 8.84. The van der Waals surface area contributed by atoms with Crippen molar-refractivity contribution < 1.29 is 14.3 Å². The van der Waals surface area contributed by atoms with Crippen molar-refractivity contribution in [2.45, 2.75) is 32.2 Å². The molecule has 0 unspecified atom stereocenters. The van der Waals surface area contributed by atoms with Gasteiger partial charge in [0, 0.05) is 37.7 Å². The van der Waals surface area contributed by atoms with Gasteiger partial charge in [-0.15, -0.1) is 11.3 Å². The summed E-state index contributed by atoms with van der Waals surface area (Å²) in [6, 6.07) is 4.30. The molecule has 1 aromatic heterocycles. The number of thiophene rings is 1. The molecule has 2 amide bonds. The molecular weight excluding hydrogens is 338 g/mol. The van der Waals surface area contributed by atoms with E-state index in [0.29, 0.717) is 19.1 Å². The molecule has 6 nitrogen and oxygen atoms in total. The molecule has 0 bridgehead atoms. The Hall–Kier alpha value is -1.44. The van der Waals surface area contributed by atoms with Crippen LogP contribution in [0.3, 0.4) is 0 Å². The Morgan fingerprint density at radius 2 is 2.00 bits per heavy atom. The maximum atomic E-state index is 12.4. The van der Waals surface area contributed by atoms with Gasteiger partial charge in [0.25, 0.3) is 5.91 Å². The van der Waals surface area contributed by atoms with E-state index >= 15 is 0 Å². The zero-order chi connectivity index (χ0) is 18.0. The Morgan fingerprint density at radius 1 is 1.32 bits per heavy atom. The van der Waals surface area contributed by atoms with Crippen molar-refractivity contribution >= 4 is 23.2 Å². The Labute approximate surface area is 152 Å². The van der Waals surface area contributed by atoms with Crippen molar-refractivity contribution in [2.75, 3.05) is 39.9 Å². The average molecular weight is 365 g/mol. The number of piperidine rings is 1. The number of hydrogen-bond acceptors (Lipinski definition) is 5. The Kier molecular flexibility index (Phi) is 5.46. The summed E-state index contributed by atoms with van der Waals surface area (Å²) in [5, 5.41) is 0. The van der Waals surface area contributed by atoms with Crippen LogP contribution in [0.15, 0.2) is 12.1 Å². The number of likely N-dealkylation sites (tertiary alicyclic amines) is 2. The number of primary amides is 1. The average Bonchev–Trinajstić information content (AvgIpc) is 2.99. The van der Waals surface area contributed by atoms with Crippen LogP contribution in [0.25, 0.3) is 0 Å². The van der Waals surface area contributed by atoms with Crippen LogP contribution in [0.2, 0.25) is 0 Å². The molecule has 3 heterocycles. The highest BCUT2D eigenvalue weighted by Crippen LogP contribution is 2.36. The molecule has 0 aromatic carbocycles. The highest BCUT2D eigenvalue weighted by molar-refractivity contribution is 7.13. The molecular formula is C18H27N3O3S. The van der Waals surface area contributed by atoms with Gasteiger partial charge >= 0.3 is 0 Å². The number of carbonyl (C=O) groups excluding carboxylic acids is 2. The number of carbonyl (C=O) groups is 2. The molecule has 3 rings (SSSR count). The van der Waals surface area contributed by atoms with Gasteiger partial charge in [-0.05, 0) is 51.4 Å². The predicted octanol–water partition coefficient (Wildman–Crippen LogP) is 1.48. The topological polar surface area (TPSA) is 75.9 Å². The van der Waals surface area contributed by atoms with Gasteiger partial charge in [-0.2, -0.15) is 0 Å². The molecule has 1 aromatic rings. The third-order valence-corrected chi connectivity index (χ3v) is 6.67. The summed E-state index contributed by atoms with van der Waals surface area (Å²) in [4.78, 5) is 30.7. The summed E-state index contributed by atoms with van der Waals surface area (Å²) in [6.45, 7) is 5.85. The normalized spacial score (nSPS) is 21.1. The highest BCUT2D eigenvalue weighted by Gasteiger charge is 2.43. The van der Waals surface area contributed by atoms with E-state index in [4.69, 9.17) is 10.5 Å². The quantitative estimate of drug-likeness (QED) is 0.829. The van der Waals surface area contributed by atoms with Gasteiger partial charge < -0.3 is 15.4 Å². The summed E-state index contributed by atoms with van der Waals surface area (Å²) in [5.74, 6) is -0.0689. The molecule has 0 aliphatic carbocycles. The Morgan fingerprint density at radius 3 is 2.52 bits per heavy atom. The molecule has 0 atom stereocenters. The Balaban J connectivity index is 1.50. The Bertz CT molecular complexity index is 631. The van der Waals surface area contributed by atoms with Gasteiger partial charge in [-0.25, -0.2) is 0 Å². The molecule has 2 N–H and O–H groups in total. The molecule has 25 heavy (non-hydrogen) atoms. The lowest BCUT2D eigenvalue weighted by Gasteiger charge is -2.49. The molecule has 0 spiro atoms. The van der Waals surface area contributed by atoms with Crippen molar-refractivity contribution in [3.05, 3.63) is 21.9 Å². The van der Waals surface area contributed by atoms with E-state index < -0.39 is 5.41 Å². The first-order valence-corrected chi connectivity index (χ1v) is 9.65. The van der Waals surface area contributed by atoms with Gasteiger partial charge in [0.2, 0.25) is 5.91 Å². The molecule has 0 saturated carbocycles. The van der Waals surface area contributed by atoms with E-state index in [1.165, 1.54) is 0 Å². The van der Waals surface area contributed by atoms with Crippen LogP contribution in [-0.2, 0) is 9.53 Å². The van der Waals surface area contributed by atoms with Crippen LogP contribution >= 0.6 is 11.3 Å². The van der Waals surface area contributed by atoms with Crippen LogP contribution in [0.4, 0.5) is 0 Å². The maximum Gasteiger partial charge on any atom is 0.264 e. The largest absolute Gasteiger partial charge is 0.385 e. The van der Waals surface area contributed by atoms with Gasteiger partial charge in [-0.3, -0.25) is 14.5 Å². The number of nitrogens with two attached hydrogens (primary N) is 1. The maximum absolute atomic E-state index is 12.4. The number of ether oxygens (including phenoxy) is 1. The molecule has 2 aliphatic heterocycles. The lowest BCUT2D eigenvalue weighted by Crippen LogP contribution is -2.63. The van der Waals surface area contributed by atoms with Crippen LogP contribution in [0, 0.1) is 12.3 Å². The second kappa shape index (κ2) is 7.43. The smallest absolute Gasteiger partial charge is 0.264 e. The first kappa shape index (κ1) is 18.4. The molecule has 2 saturated heterocycles. The van der Waals surface area contributed by atoms with Gasteiger partial charge in [0.05, 0.1) is 10.3 Å². The summed E-state index contributed by atoms with van der Waals surface area (Å²) >= 11 is 1.55. The summed E-state index contributed by atoms with van der Waals surface area (Å²) < 4.78 is 5.15. The summed E-state index contributed by atoms with van der Waals surface area (Å²) in [7, 11) is 1.65. The second-order valence-corrected chi connectivity index (χ2v) is 8.49. The third-order valence-electron chi connectivity index (χ3n) is 5.68. The van der Waals surface area contributed by atoms with Crippen LogP contribution in [0.5, 0.6) is 0 Å². The highest BCUT2D eigenvalue weighted by atomic mass is 32.1. The molecule has 0 radical (unpaired) electrons. The fraction of sp³-hybridized carbons (Fsp3) is 0.667. The predicted molar refractivity (Wildman–Crippen MR) is 97.7 cm³/mol. The number of amides is 2. The van der Waals surface area contributed by atoms with E-state index in [-0.39, 0.29) is 11.8 Å². The van der Waals surface area contributed by atoms with Gasteiger partial charge in [0.15, 0.2) is 0 Å². The second-order valence-electron chi connectivity index (χ2n) is 7.20. The van der Waals surface area contributed by atoms with E-state index in [1.807, 2.05) is 24.0 Å². The lowest BCUT2D eigenvalue weighted by molar-refractivity contribution is -0.132. The molecule has 138 valence electrons. The number of aryl methyl sites for hydroxylation is 1. The van der Waals surface area contributed by atoms with E-state index in [1.54, 1.807) is 18.4 Å². The summed E-state index contributed by atoms with van der Waals surface area (Å²) in [5.41, 5.74) is 5.24. The minimum Gasteiger partial charge on any atom is -0.385 e. The van der Waals surface area contributed by atoms with Gasteiger partial charge in [0.1, 0.15) is 0 Å². The third kappa shape index (κ3) is 3.73. The fourth-order valence-corrected chi connectivity index (χ4v) is 4.63. The zero-order valence-corrected chi connectivity index (χ0v) is 15.8. The van der Waals surface area contributed by atoms with E-state index in [0.717, 1.165) is 48.8 Å². The first-order chi connectivity index (χ1) is 11.9. The van der Waals surface area contributed by atoms with E-state index in [2.05, 4.69) is 4.90 Å². The summed E-state index contributed by atoms with van der Waals surface area (Å²) in [6.07, 6.45) is 2.25. The van der Waals surface area contributed by atoms with Gasteiger partial charge in [-0.1, -0.05) is 0 Å². The van der Waals surface area contributed by atoms with Crippen molar-refractivity contribution in [3.8, 4) is 0 Å². The van der Waals surface area contributed by atoms with Crippen LogP contribution < -0.4 is 5.73 Å².